The number of anilines is 1. The number of rotatable bonds is 3. The van der Waals surface area contributed by atoms with Crippen LogP contribution in [0.25, 0.3) is 10.4 Å². The summed E-state index contributed by atoms with van der Waals surface area (Å²) in [5, 5.41) is 2.02. The molecule has 0 aliphatic carbocycles. The van der Waals surface area contributed by atoms with Crippen LogP contribution in [0.3, 0.4) is 0 Å². The number of hydrogen-bond acceptors (Lipinski definition) is 5. The number of thiophene rings is 1. The van der Waals surface area contributed by atoms with Gasteiger partial charge in [-0.2, -0.15) is 0 Å². The van der Waals surface area contributed by atoms with Crippen LogP contribution in [-0.2, 0) is 4.74 Å². The number of carbonyl (C=O) groups is 1. The summed E-state index contributed by atoms with van der Waals surface area (Å²) in [5.41, 5.74) is 1.63. The molecule has 4 nitrogen and oxygen atoms in total. The Morgan fingerprint density at radius 1 is 1.38 bits per heavy atom. The van der Waals surface area contributed by atoms with Crippen LogP contribution >= 0.6 is 11.3 Å². The van der Waals surface area contributed by atoms with E-state index in [-0.39, 0.29) is 12.2 Å². The molecule has 1 fully saturated rings. The van der Waals surface area contributed by atoms with Gasteiger partial charge in [-0.1, -0.05) is 6.07 Å². The van der Waals surface area contributed by atoms with Crippen LogP contribution in [0.15, 0.2) is 29.8 Å². The quantitative estimate of drug-likeness (QED) is 0.816. The molecule has 1 aliphatic rings. The number of carbonyl (C=O) groups excluding carboxylic acids is 1. The molecule has 0 N–H and O–H groups in total. The number of hydrogen-bond donors (Lipinski definition) is 0. The lowest BCUT2D eigenvalue weighted by Gasteiger charge is -2.36. The first-order chi connectivity index (χ1) is 10.2. The van der Waals surface area contributed by atoms with Crippen molar-refractivity contribution in [2.24, 2.45) is 0 Å². The summed E-state index contributed by atoms with van der Waals surface area (Å²) in [6.07, 6.45) is 3.03. The lowest BCUT2D eigenvalue weighted by atomic mass is 10.1. The second-order valence-electron chi connectivity index (χ2n) is 5.39. The van der Waals surface area contributed by atoms with E-state index in [1.54, 1.807) is 11.3 Å². The van der Waals surface area contributed by atoms with E-state index < -0.39 is 0 Å². The normalized spacial score (nSPS) is 22.3. The molecule has 0 amide bonds. The zero-order valence-electron chi connectivity index (χ0n) is 12.2. The SMILES string of the molecule is CC1CN(c2ncc(-c3cccs3)cc2C=O)CC(C)O1. The number of ether oxygens (including phenoxy) is 1. The van der Waals surface area contributed by atoms with Crippen molar-refractivity contribution >= 4 is 23.4 Å². The van der Waals surface area contributed by atoms with E-state index in [1.807, 2.05) is 43.6 Å². The maximum absolute atomic E-state index is 11.5. The van der Waals surface area contributed by atoms with Crippen LogP contribution in [0, 0.1) is 0 Å². The number of morpholine rings is 1. The topological polar surface area (TPSA) is 42.4 Å². The molecule has 2 atom stereocenters. The molecule has 2 aromatic rings. The molecule has 2 aromatic heterocycles. The Morgan fingerprint density at radius 2 is 2.14 bits per heavy atom. The molecule has 5 heteroatoms. The van der Waals surface area contributed by atoms with Gasteiger partial charge in [0.1, 0.15) is 5.82 Å². The summed E-state index contributed by atoms with van der Waals surface area (Å²) in [4.78, 5) is 19.3. The predicted octanol–water partition coefficient (Wildman–Crippen LogP) is 3.24. The van der Waals surface area contributed by atoms with E-state index >= 15 is 0 Å². The molecule has 3 rings (SSSR count). The van der Waals surface area contributed by atoms with Gasteiger partial charge in [0, 0.05) is 29.7 Å². The van der Waals surface area contributed by atoms with Crippen molar-refractivity contribution in [1.82, 2.24) is 4.98 Å². The van der Waals surface area contributed by atoms with Gasteiger partial charge in [-0.25, -0.2) is 4.98 Å². The first-order valence-electron chi connectivity index (χ1n) is 7.07. The van der Waals surface area contributed by atoms with Gasteiger partial charge >= 0.3 is 0 Å². The highest BCUT2D eigenvalue weighted by Gasteiger charge is 2.25. The average Bonchev–Trinajstić information content (AvgIpc) is 2.99. The Bertz CT molecular complexity index is 617. The molecule has 2 unspecified atom stereocenters. The first-order valence-corrected chi connectivity index (χ1v) is 7.95. The Morgan fingerprint density at radius 3 is 2.76 bits per heavy atom. The zero-order valence-corrected chi connectivity index (χ0v) is 13.0. The van der Waals surface area contributed by atoms with E-state index in [0.29, 0.717) is 5.56 Å². The minimum atomic E-state index is 0.145. The molecule has 0 spiro atoms. The molecule has 3 heterocycles. The molecule has 21 heavy (non-hydrogen) atoms. The van der Waals surface area contributed by atoms with Crippen molar-refractivity contribution in [2.75, 3.05) is 18.0 Å². The van der Waals surface area contributed by atoms with E-state index in [9.17, 15) is 4.79 Å². The molecule has 1 aliphatic heterocycles. The minimum absolute atomic E-state index is 0.145. The van der Waals surface area contributed by atoms with Gasteiger partial charge in [-0.15, -0.1) is 11.3 Å². The predicted molar refractivity (Wildman–Crippen MR) is 85.2 cm³/mol. The first kappa shape index (κ1) is 14.2. The van der Waals surface area contributed by atoms with Crippen molar-refractivity contribution in [3.8, 4) is 10.4 Å². The second-order valence-corrected chi connectivity index (χ2v) is 6.34. The van der Waals surface area contributed by atoms with Gasteiger partial charge in [0.15, 0.2) is 6.29 Å². The minimum Gasteiger partial charge on any atom is -0.372 e. The molecule has 1 saturated heterocycles. The van der Waals surface area contributed by atoms with Crippen molar-refractivity contribution in [3.05, 3.63) is 35.3 Å². The van der Waals surface area contributed by atoms with Crippen LogP contribution in [0.1, 0.15) is 24.2 Å². The summed E-state index contributed by atoms with van der Waals surface area (Å²) in [5.74, 6) is 0.757. The third-order valence-electron chi connectivity index (χ3n) is 3.55. The Hall–Kier alpha value is -1.72. The van der Waals surface area contributed by atoms with Gasteiger partial charge in [0.2, 0.25) is 0 Å². The van der Waals surface area contributed by atoms with Gasteiger partial charge < -0.3 is 9.64 Å². The van der Waals surface area contributed by atoms with Crippen LogP contribution in [-0.4, -0.2) is 36.6 Å². The fourth-order valence-corrected chi connectivity index (χ4v) is 3.46. The zero-order chi connectivity index (χ0) is 14.8. The highest BCUT2D eigenvalue weighted by Crippen LogP contribution is 2.28. The molecule has 0 saturated carbocycles. The lowest BCUT2D eigenvalue weighted by Crippen LogP contribution is -2.46. The van der Waals surface area contributed by atoms with Crippen molar-refractivity contribution in [3.63, 3.8) is 0 Å². The Labute approximate surface area is 128 Å². The monoisotopic (exact) mass is 302 g/mol. The highest BCUT2D eigenvalue weighted by molar-refractivity contribution is 7.13. The summed E-state index contributed by atoms with van der Waals surface area (Å²) >= 11 is 1.65. The largest absolute Gasteiger partial charge is 0.372 e. The molecule has 0 radical (unpaired) electrons. The summed E-state index contributed by atoms with van der Waals surface area (Å²) in [6, 6.07) is 5.96. The highest BCUT2D eigenvalue weighted by atomic mass is 32.1. The fraction of sp³-hybridized carbons (Fsp3) is 0.375. The van der Waals surface area contributed by atoms with Crippen LogP contribution in [0.2, 0.25) is 0 Å². The molecular weight excluding hydrogens is 284 g/mol. The average molecular weight is 302 g/mol. The molecule has 110 valence electrons. The van der Waals surface area contributed by atoms with Crippen LogP contribution in [0.5, 0.6) is 0 Å². The Balaban J connectivity index is 1.94. The summed E-state index contributed by atoms with van der Waals surface area (Å²) in [6.45, 7) is 5.61. The number of nitrogens with zero attached hydrogens (tertiary/aromatic N) is 2. The Kier molecular flexibility index (Phi) is 4.03. The van der Waals surface area contributed by atoms with Gasteiger partial charge in [0.05, 0.1) is 17.8 Å². The van der Waals surface area contributed by atoms with Crippen LogP contribution < -0.4 is 4.90 Å². The van der Waals surface area contributed by atoms with Crippen LogP contribution in [0.4, 0.5) is 5.82 Å². The van der Waals surface area contributed by atoms with E-state index in [1.165, 1.54) is 0 Å². The van der Waals surface area contributed by atoms with E-state index in [4.69, 9.17) is 4.74 Å². The van der Waals surface area contributed by atoms with E-state index in [2.05, 4.69) is 9.88 Å². The standard InChI is InChI=1S/C16H18N2O2S/c1-11-8-18(9-12(2)20-11)16-14(10-19)6-13(7-17-16)15-4-3-5-21-15/h3-7,10-12H,8-9H2,1-2H3. The third kappa shape index (κ3) is 2.99. The van der Waals surface area contributed by atoms with E-state index in [0.717, 1.165) is 35.6 Å². The number of pyridine rings is 1. The van der Waals surface area contributed by atoms with Crippen molar-refractivity contribution < 1.29 is 9.53 Å². The molecule has 0 aromatic carbocycles. The maximum Gasteiger partial charge on any atom is 0.153 e. The molecule has 0 bridgehead atoms. The fourth-order valence-electron chi connectivity index (χ4n) is 2.75. The van der Waals surface area contributed by atoms with Gasteiger partial charge in [0.25, 0.3) is 0 Å². The molecular formula is C16H18N2O2S. The smallest absolute Gasteiger partial charge is 0.153 e. The number of aromatic nitrogens is 1. The van der Waals surface area contributed by atoms with Crippen molar-refractivity contribution in [1.29, 1.82) is 0 Å². The summed E-state index contributed by atoms with van der Waals surface area (Å²) < 4.78 is 5.74. The van der Waals surface area contributed by atoms with Crippen molar-refractivity contribution in [2.45, 2.75) is 26.1 Å². The van der Waals surface area contributed by atoms with Gasteiger partial charge in [-0.3, -0.25) is 4.79 Å². The van der Waals surface area contributed by atoms with Gasteiger partial charge in [-0.05, 0) is 31.4 Å². The maximum atomic E-state index is 11.5. The second kappa shape index (κ2) is 5.95. The lowest BCUT2D eigenvalue weighted by molar-refractivity contribution is -0.00549. The number of aldehydes is 1. The third-order valence-corrected chi connectivity index (χ3v) is 4.47. The summed E-state index contributed by atoms with van der Waals surface area (Å²) in [7, 11) is 0.